The predicted molar refractivity (Wildman–Crippen MR) is 161 cm³/mol. The lowest BCUT2D eigenvalue weighted by atomic mass is 10.0. The minimum absolute atomic E-state index is 0.225. The molecule has 0 aliphatic carbocycles. The van der Waals surface area contributed by atoms with Crippen LogP contribution < -0.4 is 0 Å². The third-order valence-corrected chi connectivity index (χ3v) is 7.45. The lowest BCUT2D eigenvalue weighted by Crippen LogP contribution is -2.02. The number of fused-ring (bicyclic) bond motifs is 8. The second-order valence-electron chi connectivity index (χ2n) is 10.4. The third kappa shape index (κ3) is 6.75. The molecular weight excluding hydrogens is 484 g/mol. The number of rotatable bonds is 11. The molecule has 0 spiro atoms. The van der Waals surface area contributed by atoms with E-state index in [1.54, 1.807) is 0 Å². The number of H-pyrrole nitrogens is 2. The van der Waals surface area contributed by atoms with Gasteiger partial charge in [-0.05, 0) is 85.5 Å². The molecular formula is C33H38N4O2. The first kappa shape index (κ1) is 26.7. The maximum atomic E-state index is 11.9. The molecule has 8 bridgehead atoms. The van der Waals surface area contributed by atoms with E-state index in [1.165, 1.54) is 51.2 Å². The number of ether oxygens (including phenoxy) is 1. The summed E-state index contributed by atoms with van der Waals surface area (Å²) in [4.78, 5) is 29.0. The summed E-state index contributed by atoms with van der Waals surface area (Å²) in [6.07, 6.45) is 19.2. The van der Waals surface area contributed by atoms with Crippen LogP contribution in [-0.2, 0) is 22.4 Å². The molecule has 2 aliphatic rings. The van der Waals surface area contributed by atoms with Crippen LogP contribution >= 0.6 is 0 Å². The van der Waals surface area contributed by atoms with E-state index in [0.29, 0.717) is 12.8 Å². The Morgan fingerprint density at radius 2 is 1.28 bits per heavy atom. The minimum Gasteiger partial charge on any atom is -0.469 e. The summed E-state index contributed by atoms with van der Waals surface area (Å²) in [5.41, 5.74) is 9.97. The molecule has 0 saturated heterocycles. The Labute approximate surface area is 230 Å². The standard InChI is InChI=1S/C33H38N4O2/c1-3-4-5-6-7-8-9-10-27-29-16-11-23(34-29)21-25-13-18-31(36-25)28(15-20-33(38)39-2)32-19-14-26(37-32)22-24-12-17-30(27)35-24/h11-14,16-19,21-22,36-37H,3-10,15,20H2,1-2H3. The fourth-order valence-electron chi connectivity index (χ4n) is 5.31. The van der Waals surface area contributed by atoms with Crippen LogP contribution in [0.25, 0.3) is 46.4 Å². The zero-order chi connectivity index (χ0) is 27.0. The van der Waals surface area contributed by atoms with Crippen molar-refractivity contribution in [1.29, 1.82) is 0 Å². The number of hydrogen-bond donors (Lipinski definition) is 2. The van der Waals surface area contributed by atoms with E-state index >= 15 is 0 Å². The van der Waals surface area contributed by atoms with Crippen LogP contribution in [0.15, 0.2) is 36.4 Å². The Hall–Kier alpha value is -3.93. The van der Waals surface area contributed by atoms with Gasteiger partial charge in [-0.2, -0.15) is 0 Å². The predicted octanol–water partition coefficient (Wildman–Crippen LogP) is 8.05. The van der Waals surface area contributed by atoms with Gasteiger partial charge in [-0.25, -0.2) is 9.97 Å². The Kier molecular flexibility index (Phi) is 8.71. The van der Waals surface area contributed by atoms with Crippen molar-refractivity contribution in [2.75, 3.05) is 7.11 Å². The van der Waals surface area contributed by atoms with Crippen LogP contribution in [0.5, 0.6) is 0 Å². The maximum Gasteiger partial charge on any atom is 0.305 e. The van der Waals surface area contributed by atoms with Gasteiger partial charge in [-0.15, -0.1) is 0 Å². The highest BCUT2D eigenvalue weighted by Gasteiger charge is 2.13. The average Bonchev–Trinajstić information content (AvgIpc) is 3.75. The van der Waals surface area contributed by atoms with Gasteiger partial charge in [0.2, 0.25) is 0 Å². The summed E-state index contributed by atoms with van der Waals surface area (Å²) in [6, 6.07) is 12.4. The fourth-order valence-corrected chi connectivity index (χ4v) is 5.31. The molecule has 0 unspecified atom stereocenters. The van der Waals surface area contributed by atoms with Crippen molar-refractivity contribution in [1.82, 2.24) is 19.9 Å². The van der Waals surface area contributed by atoms with Crippen LogP contribution in [-0.4, -0.2) is 33.0 Å². The average molecular weight is 523 g/mol. The van der Waals surface area contributed by atoms with Gasteiger partial charge in [0.05, 0.1) is 29.9 Å². The molecule has 0 fully saturated rings. The highest BCUT2D eigenvalue weighted by Crippen LogP contribution is 2.25. The Bertz CT molecular complexity index is 1450. The van der Waals surface area contributed by atoms with Gasteiger partial charge < -0.3 is 14.7 Å². The zero-order valence-electron chi connectivity index (χ0n) is 23.1. The van der Waals surface area contributed by atoms with E-state index in [2.05, 4.69) is 77.6 Å². The lowest BCUT2D eigenvalue weighted by molar-refractivity contribution is -0.140. The molecule has 3 aromatic rings. The molecule has 2 aliphatic heterocycles. The summed E-state index contributed by atoms with van der Waals surface area (Å²) in [5, 5.41) is 0. The van der Waals surface area contributed by atoms with Crippen molar-refractivity contribution in [3.8, 4) is 0 Å². The topological polar surface area (TPSA) is 83.7 Å². The minimum atomic E-state index is -0.225. The molecule has 5 heterocycles. The van der Waals surface area contributed by atoms with Crippen molar-refractivity contribution < 1.29 is 9.53 Å². The first-order valence-corrected chi connectivity index (χ1v) is 14.3. The lowest BCUT2D eigenvalue weighted by Gasteiger charge is -2.05. The molecule has 0 saturated carbocycles. The molecule has 0 aromatic carbocycles. The van der Waals surface area contributed by atoms with Gasteiger partial charge in [-0.3, -0.25) is 4.79 Å². The smallest absolute Gasteiger partial charge is 0.305 e. The first-order chi connectivity index (χ1) is 19.1. The van der Waals surface area contributed by atoms with Gasteiger partial charge in [-0.1, -0.05) is 45.4 Å². The molecule has 3 aromatic heterocycles. The van der Waals surface area contributed by atoms with E-state index in [-0.39, 0.29) is 5.97 Å². The van der Waals surface area contributed by atoms with E-state index in [9.17, 15) is 4.79 Å². The summed E-state index contributed by atoms with van der Waals surface area (Å²) in [5.74, 6) is -0.225. The molecule has 0 amide bonds. The number of carbonyl (C=O) groups excluding carboxylic acids is 1. The third-order valence-electron chi connectivity index (χ3n) is 7.45. The van der Waals surface area contributed by atoms with Crippen LogP contribution in [0.2, 0.25) is 0 Å². The summed E-state index contributed by atoms with van der Waals surface area (Å²) in [7, 11) is 1.43. The number of unbranched alkanes of at least 4 members (excludes halogenated alkanes) is 6. The number of aromatic nitrogens is 4. The number of aromatic amines is 2. The summed E-state index contributed by atoms with van der Waals surface area (Å²) in [6.45, 7) is 2.26. The van der Waals surface area contributed by atoms with Gasteiger partial charge in [0.15, 0.2) is 0 Å². The number of methoxy groups -OCH3 is 1. The number of nitrogens with one attached hydrogen (secondary N) is 2. The monoisotopic (exact) mass is 522 g/mol. The Balaban J connectivity index is 1.56. The number of esters is 1. The number of nitrogens with zero attached hydrogens (tertiary/aromatic N) is 2. The normalized spacial score (nSPS) is 12.3. The Morgan fingerprint density at radius 3 is 1.85 bits per heavy atom. The number of carbonyl (C=O) groups is 1. The summed E-state index contributed by atoms with van der Waals surface area (Å²) < 4.78 is 4.90. The highest BCUT2D eigenvalue weighted by molar-refractivity contribution is 5.81. The molecule has 39 heavy (non-hydrogen) atoms. The Morgan fingerprint density at radius 1 is 0.718 bits per heavy atom. The van der Waals surface area contributed by atoms with Gasteiger partial charge in [0.1, 0.15) is 0 Å². The fraction of sp³-hybridized carbons (Fsp3) is 0.364. The second-order valence-corrected chi connectivity index (χ2v) is 10.4. The largest absolute Gasteiger partial charge is 0.469 e. The molecule has 6 heteroatoms. The molecule has 2 N–H and O–H groups in total. The van der Waals surface area contributed by atoms with Crippen molar-refractivity contribution in [3.63, 3.8) is 0 Å². The van der Waals surface area contributed by atoms with E-state index in [1.807, 2.05) is 0 Å². The van der Waals surface area contributed by atoms with Crippen LogP contribution in [0.3, 0.4) is 0 Å². The quantitative estimate of drug-likeness (QED) is 0.136. The van der Waals surface area contributed by atoms with E-state index in [0.717, 1.165) is 63.2 Å². The van der Waals surface area contributed by atoms with E-state index in [4.69, 9.17) is 14.7 Å². The summed E-state index contributed by atoms with van der Waals surface area (Å²) >= 11 is 0. The second kappa shape index (κ2) is 12.7. The van der Waals surface area contributed by atoms with Crippen molar-refractivity contribution in [3.05, 3.63) is 70.3 Å². The molecule has 202 valence electrons. The highest BCUT2D eigenvalue weighted by atomic mass is 16.5. The van der Waals surface area contributed by atoms with Crippen molar-refractivity contribution in [2.45, 2.75) is 71.1 Å². The van der Waals surface area contributed by atoms with Crippen molar-refractivity contribution >= 4 is 52.3 Å². The number of aryl methyl sites for hydroxylation is 1. The molecule has 6 nitrogen and oxygen atoms in total. The van der Waals surface area contributed by atoms with Gasteiger partial charge >= 0.3 is 5.97 Å². The van der Waals surface area contributed by atoms with Crippen LogP contribution in [0, 0.1) is 0 Å². The zero-order valence-corrected chi connectivity index (χ0v) is 23.1. The van der Waals surface area contributed by atoms with Gasteiger partial charge in [0.25, 0.3) is 0 Å². The van der Waals surface area contributed by atoms with Crippen LogP contribution in [0.4, 0.5) is 0 Å². The molecule has 0 radical (unpaired) electrons. The number of hydrogen-bond acceptors (Lipinski definition) is 4. The molecule has 0 atom stereocenters. The van der Waals surface area contributed by atoms with Gasteiger partial charge in [0, 0.05) is 34.1 Å². The van der Waals surface area contributed by atoms with E-state index < -0.39 is 0 Å². The SMILES string of the molecule is CCCCCCCCCc1c2nc(cc3ccc([nH]3)c(CCC(=O)OC)c3ccc(cc4nc1C=C4)[nH]3)C=C2. The maximum absolute atomic E-state index is 11.9. The van der Waals surface area contributed by atoms with Crippen molar-refractivity contribution in [2.24, 2.45) is 0 Å². The van der Waals surface area contributed by atoms with Crippen LogP contribution in [0.1, 0.15) is 92.2 Å². The first-order valence-electron chi connectivity index (χ1n) is 14.3. The molecule has 5 rings (SSSR count).